The summed E-state index contributed by atoms with van der Waals surface area (Å²) >= 11 is 0. The van der Waals surface area contributed by atoms with Crippen molar-refractivity contribution in [1.82, 2.24) is 0 Å². The molecule has 20 heavy (non-hydrogen) atoms. The SMILES string of the molecule is CCc1ccc(CCc2ccc(NC)cc2)c(CC)c1. The van der Waals surface area contributed by atoms with E-state index in [2.05, 4.69) is 61.6 Å². The van der Waals surface area contributed by atoms with Gasteiger partial charge in [0.1, 0.15) is 0 Å². The number of aryl methyl sites for hydroxylation is 4. The molecule has 0 heterocycles. The van der Waals surface area contributed by atoms with Crippen molar-refractivity contribution in [3.05, 3.63) is 64.7 Å². The quantitative estimate of drug-likeness (QED) is 0.804. The van der Waals surface area contributed by atoms with Crippen LogP contribution < -0.4 is 5.32 Å². The second-order valence-electron chi connectivity index (χ2n) is 5.26. The van der Waals surface area contributed by atoms with E-state index in [1.165, 1.54) is 27.9 Å². The summed E-state index contributed by atoms with van der Waals surface area (Å²) in [6.45, 7) is 4.47. The summed E-state index contributed by atoms with van der Waals surface area (Å²) in [4.78, 5) is 0. The zero-order valence-corrected chi connectivity index (χ0v) is 12.9. The molecule has 1 nitrogen and oxygen atoms in total. The molecular formula is C19H25N. The van der Waals surface area contributed by atoms with E-state index in [9.17, 15) is 0 Å². The third-order valence-electron chi connectivity index (χ3n) is 3.99. The molecule has 0 unspecified atom stereocenters. The van der Waals surface area contributed by atoms with Gasteiger partial charge in [0.2, 0.25) is 0 Å². The fourth-order valence-corrected chi connectivity index (χ4v) is 2.59. The largest absolute Gasteiger partial charge is 0.388 e. The molecule has 0 saturated carbocycles. The highest BCUT2D eigenvalue weighted by molar-refractivity contribution is 5.44. The Hall–Kier alpha value is -1.76. The average Bonchev–Trinajstić information content (AvgIpc) is 2.53. The van der Waals surface area contributed by atoms with Gasteiger partial charge in [-0.15, -0.1) is 0 Å². The first-order valence-corrected chi connectivity index (χ1v) is 7.64. The van der Waals surface area contributed by atoms with E-state index < -0.39 is 0 Å². The van der Waals surface area contributed by atoms with Gasteiger partial charge in [-0.1, -0.05) is 44.2 Å². The Morgan fingerprint density at radius 1 is 0.750 bits per heavy atom. The van der Waals surface area contributed by atoms with E-state index in [1.807, 2.05) is 7.05 Å². The predicted molar refractivity (Wildman–Crippen MR) is 88.6 cm³/mol. The first kappa shape index (κ1) is 14.6. The van der Waals surface area contributed by atoms with Crippen molar-refractivity contribution in [3.8, 4) is 0 Å². The summed E-state index contributed by atoms with van der Waals surface area (Å²) in [6, 6.07) is 15.7. The lowest BCUT2D eigenvalue weighted by molar-refractivity contribution is 0.925. The van der Waals surface area contributed by atoms with Gasteiger partial charge in [0.25, 0.3) is 0 Å². The number of anilines is 1. The van der Waals surface area contributed by atoms with Crippen molar-refractivity contribution >= 4 is 5.69 Å². The average molecular weight is 267 g/mol. The van der Waals surface area contributed by atoms with Gasteiger partial charge < -0.3 is 5.32 Å². The zero-order chi connectivity index (χ0) is 14.4. The first-order chi connectivity index (χ1) is 9.76. The van der Waals surface area contributed by atoms with Crippen LogP contribution in [0.25, 0.3) is 0 Å². The maximum absolute atomic E-state index is 3.16. The molecule has 0 radical (unpaired) electrons. The number of rotatable bonds is 6. The van der Waals surface area contributed by atoms with Crippen LogP contribution in [0.3, 0.4) is 0 Å². The van der Waals surface area contributed by atoms with Crippen LogP contribution in [0.15, 0.2) is 42.5 Å². The van der Waals surface area contributed by atoms with Crippen LogP contribution in [0, 0.1) is 0 Å². The van der Waals surface area contributed by atoms with Crippen molar-refractivity contribution in [2.45, 2.75) is 39.5 Å². The van der Waals surface area contributed by atoms with Crippen molar-refractivity contribution in [2.75, 3.05) is 12.4 Å². The molecule has 0 amide bonds. The Balaban J connectivity index is 2.05. The molecule has 2 rings (SSSR count). The maximum Gasteiger partial charge on any atom is 0.0337 e. The van der Waals surface area contributed by atoms with E-state index in [-0.39, 0.29) is 0 Å². The van der Waals surface area contributed by atoms with E-state index in [1.54, 1.807) is 0 Å². The molecule has 0 aromatic heterocycles. The smallest absolute Gasteiger partial charge is 0.0337 e. The summed E-state index contributed by atoms with van der Waals surface area (Å²) in [7, 11) is 1.96. The monoisotopic (exact) mass is 267 g/mol. The number of hydrogen-bond acceptors (Lipinski definition) is 1. The fraction of sp³-hybridized carbons (Fsp3) is 0.368. The lowest BCUT2D eigenvalue weighted by Gasteiger charge is -2.10. The van der Waals surface area contributed by atoms with Gasteiger partial charge in [-0.2, -0.15) is 0 Å². The Bertz CT molecular complexity index is 540. The van der Waals surface area contributed by atoms with E-state index in [0.717, 1.165) is 25.7 Å². The van der Waals surface area contributed by atoms with Gasteiger partial charge >= 0.3 is 0 Å². The van der Waals surface area contributed by atoms with Gasteiger partial charge in [0.15, 0.2) is 0 Å². The summed E-state index contributed by atoms with van der Waals surface area (Å²) in [6.07, 6.45) is 4.50. The maximum atomic E-state index is 3.16. The van der Waals surface area contributed by atoms with Crippen LogP contribution in [0.2, 0.25) is 0 Å². The minimum atomic E-state index is 1.11. The highest BCUT2D eigenvalue weighted by atomic mass is 14.8. The minimum Gasteiger partial charge on any atom is -0.388 e. The van der Waals surface area contributed by atoms with Crippen molar-refractivity contribution < 1.29 is 0 Å². The molecular weight excluding hydrogens is 242 g/mol. The van der Waals surface area contributed by atoms with Crippen LogP contribution in [0.1, 0.15) is 36.1 Å². The van der Waals surface area contributed by atoms with Crippen molar-refractivity contribution in [2.24, 2.45) is 0 Å². The van der Waals surface area contributed by atoms with Gasteiger partial charge in [-0.3, -0.25) is 0 Å². The van der Waals surface area contributed by atoms with E-state index in [4.69, 9.17) is 0 Å². The third kappa shape index (κ3) is 3.63. The lowest BCUT2D eigenvalue weighted by Crippen LogP contribution is -1.98. The molecule has 0 aliphatic rings. The number of benzene rings is 2. The molecule has 0 fully saturated rings. The van der Waals surface area contributed by atoms with E-state index >= 15 is 0 Å². The van der Waals surface area contributed by atoms with Crippen LogP contribution in [-0.4, -0.2) is 7.05 Å². The second kappa shape index (κ2) is 7.14. The van der Waals surface area contributed by atoms with Gasteiger partial charge in [-0.25, -0.2) is 0 Å². The standard InChI is InChI=1S/C19H25N/c1-4-15-6-10-18(17(5-2)14-15)11-7-16-8-12-19(20-3)13-9-16/h6,8-10,12-14,20H,4-5,7,11H2,1-3H3. The highest BCUT2D eigenvalue weighted by Crippen LogP contribution is 2.17. The van der Waals surface area contributed by atoms with Crippen LogP contribution in [-0.2, 0) is 25.7 Å². The van der Waals surface area contributed by atoms with Crippen LogP contribution in [0.4, 0.5) is 5.69 Å². The third-order valence-corrected chi connectivity index (χ3v) is 3.99. The molecule has 0 saturated heterocycles. The van der Waals surface area contributed by atoms with Gasteiger partial charge in [0, 0.05) is 12.7 Å². The highest BCUT2D eigenvalue weighted by Gasteiger charge is 2.03. The number of nitrogens with one attached hydrogen (secondary N) is 1. The van der Waals surface area contributed by atoms with Crippen molar-refractivity contribution in [3.63, 3.8) is 0 Å². The first-order valence-electron chi connectivity index (χ1n) is 7.64. The summed E-state index contributed by atoms with van der Waals surface area (Å²) in [5.41, 5.74) is 7.04. The van der Waals surface area contributed by atoms with Crippen LogP contribution >= 0.6 is 0 Å². The fourth-order valence-electron chi connectivity index (χ4n) is 2.59. The second-order valence-corrected chi connectivity index (χ2v) is 5.26. The summed E-state index contributed by atoms with van der Waals surface area (Å²) in [5.74, 6) is 0. The molecule has 1 N–H and O–H groups in total. The molecule has 0 aliphatic carbocycles. The Morgan fingerprint density at radius 3 is 2.05 bits per heavy atom. The molecule has 106 valence electrons. The minimum absolute atomic E-state index is 1.11. The normalized spacial score (nSPS) is 10.6. The molecule has 2 aromatic rings. The molecule has 0 bridgehead atoms. The van der Waals surface area contributed by atoms with Gasteiger partial charge in [-0.05, 0) is 60.1 Å². The molecule has 0 atom stereocenters. The molecule has 2 aromatic carbocycles. The Morgan fingerprint density at radius 2 is 1.45 bits per heavy atom. The number of hydrogen-bond donors (Lipinski definition) is 1. The van der Waals surface area contributed by atoms with E-state index in [0.29, 0.717) is 0 Å². The summed E-state index contributed by atoms with van der Waals surface area (Å²) in [5, 5.41) is 3.16. The Kier molecular flexibility index (Phi) is 5.23. The van der Waals surface area contributed by atoms with Crippen molar-refractivity contribution in [1.29, 1.82) is 0 Å². The van der Waals surface area contributed by atoms with Crippen LogP contribution in [0.5, 0.6) is 0 Å². The predicted octanol–water partition coefficient (Wildman–Crippen LogP) is 4.64. The van der Waals surface area contributed by atoms with Gasteiger partial charge in [0.05, 0.1) is 0 Å². The molecule has 0 aliphatic heterocycles. The lowest BCUT2D eigenvalue weighted by atomic mass is 9.96. The molecule has 0 spiro atoms. The topological polar surface area (TPSA) is 12.0 Å². The summed E-state index contributed by atoms with van der Waals surface area (Å²) < 4.78 is 0. The zero-order valence-electron chi connectivity index (χ0n) is 12.9. The Labute approximate surface area is 123 Å². The molecule has 1 heteroatoms.